The van der Waals surface area contributed by atoms with Crippen LogP contribution in [0.25, 0.3) is 0 Å². The van der Waals surface area contributed by atoms with E-state index < -0.39 is 10.8 Å². The zero-order valence-electron chi connectivity index (χ0n) is 14.9. The second-order valence-electron chi connectivity index (χ2n) is 6.29. The van der Waals surface area contributed by atoms with Crippen molar-refractivity contribution in [3.63, 3.8) is 0 Å². The first-order valence-electron chi connectivity index (χ1n) is 8.54. The molecule has 1 aliphatic heterocycles. The highest BCUT2D eigenvalue weighted by Crippen LogP contribution is 2.29. The molecule has 4 rings (SSSR count). The number of nitrogens with zero attached hydrogens (tertiary/aromatic N) is 4. The smallest absolute Gasteiger partial charge is 0.269 e. The van der Waals surface area contributed by atoms with Crippen molar-refractivity contribution < 1.29 is 9.72 Å². The molecule has 9 nitrogen and oxygen atoms in total. The summed E-state index contributed by atoms with van der Waals surface area (Å²) in [5.74, 6) is 0.224. The van der Waals surface area contributed by atoms with Crippen molar-refractivity contribution in [3.05, 3.63) is 87.6 Å². The molecule has 0 aliphatic carbocycles. The molecule has 3 aromatic rings. The van der Waals surface area contributed by atoms with Gasteiger partial charge in [-0.2, -0.15) is 4.98 Å². The Hall–Kier alpha value is -4.01. The van der Waals surface area contributed by atoms with E-state index in [1.165, 1.54) is 24.3 Å². The molecule has 1 amide bonds. The number of nitrogens with one attached hydrogen (secondary N) is 2. The SMILES string of the molecule is CC1=C[C@@H](c2ccccc2)n2nc(NC(=O)c3ccc([N+](=O)[O-])cc3)nc2N1. The van der Waals surface area contributed by atoms with Gasteiger partial charge in [0.15, 0.2) is 0 Å². The molecule has 140 valence electrons. The summed E-state index contributed by atoms with van der Waals surface area (Å²) in [6, 6.07) is 15.0. The van der Waals surface area contributed by atoms with Crippen molar-refractivity contribution in [1.82, 2.24) is 14.8 Å². The van der Waals surface area contributed by atoms with Gasteiger partial charge in [-0.1, -0.05) is 30.3 Å². The average molecular weight is 376 g/mol. The molecule has 0 saturated heterocycles. The van der Waals surface area contributed by atoms with Crippen LogP contribution in [0.2, 0.25) is 0 Å². The monoisotopic (exact) mass is 376 g/mol. The van der Waals surface area contributed by atoms with Crippen molar-refractivity contribution in [2.45, 2.75) is 13.0 Å². The molecule has 1 atom stereocenters. The third-order valence-electron chi connectivity index (χ3n) is 4.32. The second-order valence-corrected chi connectivity index (χ2v) is 6.29. The highest BCUT2D eigenvalue weighted by Gasteiger charge is 2.24. The van der Waals surface area contributed by atoms with Gasteiger partial charge < -0.3 is 5.32 Å². The molecule has 1 aromatic heterocycles. The molecular weight excluding hydrogens is 360 g/mol. The quantitative estimate of drug-likeness (QED) is 0.533. The number of fused-ring (bicyclic) bond motifs is 1. The Bertz CT molecular complexity index is 1070. The van der Waals surface area contributed by atoms with Gasteiger partial charge in [0.25, 0.3) is 17.5 Å². The zero-order valence-corrected chi connectivity index (χ0v) is 14.9. The minimum atomic E-state index is -0.516. The van der Waals surface area contributed by atoms with Crippen LogP contribution < -0.4 is 10.6 Å². The second kappa shape index (κ2) is 6.95. The number of nitro benzene ring substituents is 1. The normalized spacial score (nSPS) is 15.2. The van der Waals surface area contributed by atoms with Crippen LogP contribution >= 0.6 is 0 Å². The number of carbonyl (C=O) groups is 1. The highest BCUT2D eigenvalue weighted by molar-refractivity contribution is 6.03. The molecular formula is C19H16N6O3. The number of allylic oxidation sites excluding steroid dienone is 2. The third kappa shape index (κ3) is 3.32. The molecule has 0 radical (unpaired) electrons. The van der Waals surface area contributed by atoms with E-state index in [1.54, 1.807) is 4.68 Å². The number of benzene rings is 2. The molecule has 0 spiro atoms. The Kier molecular flexibility index (Phi) is 4.32. The lowest BCUT2D eigenvalue weighted by atomic mass is 10.1. The lowest BCUT2D eigenvalue weighted by Gasteiger charge is -2.22. The molecule has 0 fully saturated rings. The Morgan fingerprint density at radius 3 is 2.57 bits per heavy atom. The zero-order chi connectivity index (χ0) is 19.7. The number of rotatable bonds is 4. The minimum Gasteiger partial charge on any atom is -0.329 e. The maximum absolute atomic E-state index is 12.4. The molecule has 2 heterocycles. The topological polar surface area (TPSA) is 115 Å². The number of amides is 1. The standard InChI is InChI=1S/C19H16N6O3/c1-12-11-16(13-5-3-2-4-6-13)24-19(20-12)22-18(23-24)21-17(26)14-7-9-15(10-8-14)25(27)28/h2-11,16H,1H3,(H2,20,21,22,23,26)/t16-/m0/s1. The van der Waals surface area contributed by atoms with Crippen molar-refractivity contribution >= 4 is 23.5 Å². The van der Waals surface area contributed by atoms with Crippen LogP contribution in [0.4, 0.5) is 17.6 Å². The Balaban J connectivity index is 1.58. The first-order valence-corrected chi connectivity index (χ1v) is 8.54. The molecule has 9 heteroatoms. The van der Waals surface area contributed by atoms with Gasteiger partial charge in [-0.25, -0.2) is 4.68 Å². The lowest BCUT2D eigenvalue weighted by molar-refractivity contribution is -0.384. The van der Waals surface area contributed by atoms with Crippen LogP contribution in [-0.4, -0.2) is 25.6 Å². The van der Waals surface area contributed by atoms with Crippen molar-refractivity contribution in [2.75, 3.05) is 10.6 Å². The Morgan fingerprint density at radius 2 is 1.89 bits per heavy atom. The Labute approximate surface area is 159 Å². The maximum atomic E-state index is 12.4. The van der Waals surface area contributed by atoms with E-state index >= 15 is 0 Å². The minimum absolute atomic E-state index is 0.0800. The fourth-order valence-electron chi connectivity index (χ4n) is 2.98. The summed E-state index contributed by atoms with van der Waals surface area (Å²) in [7, 11) is 0. The summed E-state index contributed by atoms with van der Waals surface area (Å²) < 4.78 is 1.70. The van der Waals surface area contributed by atoms with E-state index in [2.05, 4.69) is 20.7 Å². The number of carbonyl (C=O) groups excluding carboxylic acids is 1. The molecule has 2 aromatic carbocycles. The molecule has 0 bridgehead atoms. The summed E-state index contributed by atoms with van der Waals surface area (Å²) in [4.78, 5) is 27.0. The van der Waals surface area contributed by atoms with E-state index in [0.717, 1.165) is 11.3 Å². The summed E-state index contributed by atoms with van der Waals surface area (Å²) in [6.45, 7) is 1.93. The number of hydrogen-bond donors (Lipinski definition) is 2. The van der Waals surface area contributed by atoms with Gasteiger partial charge >= 0.3 is 0 Å². The average Bonchev–Trinajstić information content (AvgIpc) is 3.10. The number of nitro groups is 1. The molecule has 0 saturated carbocycles. The summed E-state index contributed by atoms with van der Waals surface area (Å²) in [5, 5.41) is 20.9. The van der Waals surface area contributed by atoms with Gasteiger partial charge in [-0.3, -0.25) is 20.2 Å². The van der Waals surface area contributed by atoms with E-state index in [0.29, 0.717) is 5.95 Å². The fraction of sp³-hybridized carbons (Fsp3) is 0.105. The summed E-state index contributed by atoms with van der Waals surface area (Å²) in [6.07, 6.45) is 2.03. The van der Waals surface area contributed by atoms with Gasteiger partial charge in [0.2, 0.25) is 5.95 Å². The Morgan fingerprint density at radius 1 is 1.18 bits per heavy atom. The number of aromatic nitrogens is 3. The van der Waals surface area contributed by atoms with Crippen LogP contribution in [0.5, 0.6) is 0 Å². The van der Waals surface area contributed by atoms with Crippen LogP contribution in [-0.2, 0) is 0 Å². The van der Waals surface area contributed by atoms with Gasteiger partial charge in [0.1, 0.15) is 6.04 Å². The summed E-state index contributed by atoms with van der Waals surface area (Å²) >= 11 is 0. The van der Waals surface area contributed by atoms with E-state index in [1.807, 2.05) is 43.3 Å². The number of anilines is 2. The lowest BCUT2D eigenvalue weighted by Crippen LogP contribution is -2.19. The molecule has 0 unspecified atom stereocenters. The third-order valence-corrected chi connectivity index (χ3v) is 4.32. The maximum Gasteiger partial charge on any atom is 0.269 e. The van der Waals surface area contributed by atoms with Crippen LogP contribution in [0, 0.1) is 10.1 Å². The first-order chi connectivity index (χ1) is 13.5. The van der Waals surface area contributed by atoms with Gasteiger partial charge in [-0.05, 0) is 30.7 Å². The first kappa shape index (κ1) is 17.4. The van der Waals surface area contributed by atoms with Crippen LogP contribution in [0.1, 0.15) is 28.9 Å². The highest BCUT2D eigenvalue weighted by atomic mass is 16.6. The molecule has 28 heavy (non-hydrogen) atoms. The van der Waals surface area contributed by atoms with Gasteiger partial charge in [-0.15, -0.1) is 5.10 Å². The van der Waals surface area contributed by atoms with Crippen molar-refractivity contribution in [3.8, 4) is 0 Å². The molecule has 2 N–H and O–H groups in total. The van der Waals surface area contributed by atoms with E-state index in [-0.39, 0.29) is 23.2 Å². The fourth-order valence-corrected chi connectivity index (χ4v) is 2.98. The van der Waals surface area contributed by atoms with E-state index in [4.69, 9.17) is 0 Å². The van der Waals surface area contributed by atoms with Gasteiger partial charge in [0.05, 0.1) is 4.92 Å². The largest absolute Gasteiger partial charge is 0.329 e. The number of non-ortho nitro benzene ring substituents is 1. The van der Waals surface area contributed by atoms with Crippen molar-refractivity contribution in [2.24, 2.45) is 0 Å². The summed E-state index contributed by atoms with van der Waals surface area (Å²) in [5.41, 5.74) is 2.17. The van der Waals surface area contributed by atoms with Crippen molar-refractivity contribution in [1.29, 1.82) is 0 Å². The van der Waals surface area contributed by atoms with Crippen LogP contribution in [0.3, 0.4) is 0 Å². The number of hydrogen-bond acceptors (Lipinski definition) is 6. The van der Waals surface area contributed by atoms with E-state index in [9.17, 15) is 14.9 Å². The predicted molar refractivity (Wildman–Crippen MR) is 103 cm³/mol. The van der Waals surface area contributed by atoms with Gasteiger partial charge in [0, 0.05) is 23.4 Å². The van der Waals surface area contributed by atoms with Crippen LogP contribution in [0.15, 0.2) is 66.4 Å². The molecule has 1 aliphatic rings. The predicted octanol–water partition coefficient (Wildman–Crippen LogP) is 3.36.